The Labute approximate surface area is 125 Å². The molecule has 21 heavy (non-hydrogen) atoms. The van der Waals surface area contributed by atoms with E-state index < -0.39 is 24.5 Å². The highest BCUT2D eigenvalue weighted by Crippen LogP contribution is 2.21. The number of ether oxygens (including phenoxy) is 2. The summed E-state index contributed by atoms with van der Waals surface area (Å²) in [6.07, 6.45) is -0.410. The molecule has 0 radical (unpaired) electrons. The number of esters is 1. The maximum atomic E-state index is 12.0. The van der Waals surface area contributed by atoms with Crippen molar-refractivity contribution in [3.05, 3.63) is 0 Å². The Kier molecular flexibility index (Phi) is 8.13. The molecular weight excluding hydrogens is 278 g/mol. The van der Waals surface area contributed by atoms with Crippen molar-refractivity contribution in [1.29, 1.82) is 0 Å². The number of aliphatic hydroxyl groups is 2. The van der Waals surface area contributed by atoms with E-state index in [4.69, 9.17) is 14.7 Å². The average Bonchev–Trinajstić information content (AvgIpc) is 2.48. The third kappa shape index (κ3) is 5.52. The number of hydrogen-bond donors (Lipinski definition) is 4. The average molecular weight is 305 g/mol. The smallest absolute Gasteiger partial charge is 0.309 e. The van der Waals surface area contributed by atoms with Crippen LogP contribution in [-0.2, 0) is 14.3 Å². The van der Waals surface area contributed by atoms with Gasteiger partial charge in [-0.05, 0) is 12.8 Å². The van der Waals surface area contributed by atoms with E-state index in [9.17, 15) is 15.0 Å². The predicted octanol–water partition coefficient (Wildman–Crippen LogP) is 0.562. The van der Waals surface area contributed by atoms with Crippen molar-refractivity contribution in [2.24, 2.45) is 5.92 Å². The zero-order chi connectivity index (χ0) is 15.8. The molecule has 0 spiro atoms. The summed E-state index contributed by atoms with van der Waals surface area (Å²) in [5, 5.41) is 28.3. The van der Waals surface area contributed by atoms with E-state index in [-0.39, 0.29) is 24.9 Å². The first-order chi connectivity index (χ1) is 10.0. The first-order valence-corrected chi connectivity index (χ1v) is 7.61. The monoisotopic (exact) mass is 305 g/mol. The van der Waals surface area contributed by atoms with Crippen molar-refractivity contribution < 1.29 is 29.7 Å². The fourth-order valence-electron chi connectivity index (χ4n) is 2.53. The van der Waals surface area contributed by atoms with Crippen LogP contribution in [0.4, 0.5) is 0 Å². The first kappa shape index (κ1) is 18.3. The van der Waals surface area contributed by atoms with Gasteiger partial charge in [-0.3, -0.25) is 4.79 Å². The summed E-state index contributed by atoms with van der Waals surface area (Å²) in [6, 6.07) is 0. The molecule has 1 fully saturated rings. The van der Waals surface area contributed by atoms with Crippen molar-refractivity contribution >= 4 is 5.97 Å². The van der Waals surface area contributed by atoms with Crippen LogP contribution in [0.2, 0.25) is 0 Å². The first-order valence-electron chi connectivity index (χ1n) is 7.61. The molecule has 7 heteroatoms. The molecule has 1 rings (SSSR count). The second-order valence-corrected chi connectivity index (χ2v) is 5.49. The van der Waals surface area contributed by atoms with Gasteiger partial charge in [0.25, 0.3) is 0 Å². The van der Waals surface area contributed by atoms with E-state index in [1.165, 1.54) is 0 Å². The minimum absolute atomic E-state index is 0.0659. The van der Waals surface area contributed by atoms with Crippen LogP contribution in [0.15, 0.2) is 0 Å². The number of rotatable bonds is 8. The predicted molar refractivity (Wildman–Crippen MR) is 74.5 cm³/mol. The highest BCUT2D eigenvalue weighted by Gasteiger charge is 2.37. The van der Waals surface area contributed by atoms with Crippen LogP contribution in [0.1, 0.15) is 46.0 Å². The molecule has 0 saturated carbocycles. The van der Waals surface area contributed by atoms with Crippen LogP contribution in [0.5, 0.6) is 0 Å². The van der Waals surface area contributed by atoms with Crippen LogP contribution < -0.4 is 5.48 Å². The minimum Gasteiger partial charge on any atom is -0.463 e. The molecule has 0 bridgehead atoms. The van der Waals surface area contributed by atoms with E-state index in [0.29, 0.717) is 0 Å². The van der Waals surface area contributed by atoms with Gasteiger partial charge < -0.3 is 24.9 Å². The molecule has 7 nitrogen and oxygen atoms in total. The van der Waals surface area contributed by atoms with Gasteiger partial charge in [0.2, 0.25) is 0 Å². The van der Waals surface area contributed by atoms with Crippen LogP contribution in [-0.4, -0.2) is 52.5 Å². The van der Waals surface area contributed by atoms with Gasteiger partial charge in [0.05, 0.1) is 12.0 Å². The molecule has 1 saturated heterocycles. The van der Waals surface area contributed by atoms with Gasteiger partial charge in [-0.25, -0.2) is 0 Å². The van der Waals surface area contributed by atoms with Crippen molar-refractivity contribution in [3.8, 4) is 0 Å². The van der Waals surface area contributed by atoms with Gasteiger partial charge in [-0.1, -0.05) is 26.7 Å². The molecule has 1 aliphatic rings. The van der Waals surface area contributed by atoms with Crippen molar-refractivity contribution in [3.63, 3.8) is 0 Å². The lowest BCUT2D eigenvalue weighted by atomic mass is 9.98. The molecule has 124 valence electrons. The topological polar surface area (TPSA) is 108 Å². The minimum atomic E-state index is -1.14. The molecule has 0 aliphatic carbocycles. The Bertz CT molecular complexity index is 308. The number of carbonyl (C=O) groups is 1. The SMILES string of the molecule is CCCC(CCC)C(=O)OCC1OC(NO)CC(O)C1O. The van der Waals surface area contributed by atoms with Crippen molar-refractivity contribution in [1.82, 2.24) is 5.48 Å². The molecular formula is C14H27NO6. The van der Waals surface area contributed by atoms with Gasteiger partial charge in [-0.15, -0.1) is 0 Å². The molecule has 1 aliphatic heterocycles. The third-order valence-corrected chi connectivity index (χ3v) is 3.71. The maximum Gasteiger partial charge on any atom is 0.309 e. The number of hydroxylamine groups is 1. The van der Waals surface area contributed by atoms with Gasteiger partial charge in [0.15, 0.2) is 0 Å². The van der Waals surface area contributed by atoms with E-state index in [1.807, 2.05) is 19.3 Å². The Hall–Kier alpha value is -0.730. The van der Waals surface area contributed by atoms with Crippen molar-refractivity contribution in [2.45, 2.75) is 70.5 Å². The normalized spacial score (nSPS) is 29.6. The Morgan fingerprint density at radius 2 is 1.95 bits per heavy atom. The quantitative estimate of drug-likeness (QED) is 0.383. The number of nitrogens with one attached hydrogen (secondary N) is 1. The van der Waals surface area contributed by atoms with E-state index in [2.05, 4.69) is 0 Å². The van der Waals surface area contributed by atoms with Crippen LogP contribution >= 0.6 is 0 Å². The highest BCUT2D eigenvalue weighted by molar-refractivity contribution is 5.72. The Morgan fingerprint density at radius 3 is 2.48 bits per heavy atom. The summed E-state index contributed by atoms with van der Waals surface area (Å²) in [5.74, 6) is -0.444. The zero-order valence-electron chi connectivity index (χ0n) is 12.7. The summed E-state index contributed by atoms with van der Waals surface area (Å²) in [7, 11) is 0. The third-order valence-electron chi connectivity index (χ3n) is 3.71. The maximum absolute atomic E-state index is 12.0. The standard InChI is InChI=1S/C14H27NO6/c1-3-5-9(6-4-2)14(18)20-8-11-13(17)10(16)7-12(15-19)21-11/h9-13,15-17,19H,3-8H2,1-2H3. The summed E-state index contributed by atoms with van der Waals surface area (Å²) in [4.78, 5) is 12.0. The van der Waals surface area contributed by atoms with E-state index >= 15 is 0 Å². The lowest BCUT2D eigenvalue weighted by Crippen LogP contribution is -2.53. The molecule has 0 aromatic rings. The van der Waals surface area contributed by atoms with Gasteiger partial charge in [-0.2, -0.15) is 5.48 Å². The fraction of sp³-hybridized carbons (Fsp3) is 0.929. The van der Waals surface area contributed by atoms with Crippen molar-refractivity contribution in [2.75, 3.05) is 6.61 Å². The Balaban J connectivity index is 2.49. The van der Waals surface area contributed by atoms with E-state index in [1.54, 1.807) is 0 Å². The molecule has 4 N–H and O–H groups in total. The van der Waals surface area contributed by atoms with Gasteiger partial charge in [0, 0.05) is 6.42 Å². The highest BCUT2D eigenvalue weighted by atomic mass is 16.6. The summed E-state index contributed by atoms with van der Waals surface area (Å²) >= 11 is 0. The number of aliphatic hydroxyl groups excluding tert-OH is 2. The molecule has 0 aromatic heterocycles. The number of hydrogen-bond acceptors (Lipinski definition) is 7. The lowest BCUT2D eigenvalue weighted by molar-refractivity contribution is -0.214. The molecule has 1 heterocycles. The van der Waals surface area contributed by atoms with Gasteiger partial charge in [0.1, 0.15) is 25.0 Å². The molecule has 0 amide bonds. The Morgan fingerprint density at radius 1 is 1.33 bits per heavy atom. The van der Waals surface area contributed by atoms with Gasteiger partial charge >= 0.3 is 5.97 Å². The summed E-state index contributed by atoms with van der Waals surface area (Å²) < 4.78 is 10.5. The molecule has 4 atom stereocenters. The molecule has 4 unspecified atom stereocenters. The van der Waals surface area contributed by atoms with Crippen LogP contribution in [0.3, 0.4) is 0 Å². The second kappa shape index (κ2) is 9.32. The lowest BCUT2D eigenvalue weighted by Gasteiger charge is -2.36. The largest absolute Gasteiger partial charge is 0.463 e. The second-order valence-electron chi connectivity index (χ2n) is 5.49. The fourth-order valence-corrected chi connectivity index (χ4v) is 2.53. The number of carbonyl (C=O) groups excluding carboxylic acids is 1. The zero-order valence-corrected chi connectivity index (χ0v) is 12.7. The van der Waals surface area contributed by atoms with Crippen LogP contribution in [0, 0.1) is 5.92 Å². The van der Waals surface area contributed by atoms with E-state index in [0.717, 1.165) is 25.7 Å². The summed E-state index contributed by atoms with van der Waals surface area (Å²) in [5.41, 5.74) is 1.90. The molecule has 0 aromatic carbocycles. The van der Waals surface area contributed by atoms with Crippen LogP contribution in [0.25, 0.3) is 0 Å². The summed E-state index contributed by atoms with van der Waals surface area (Å²) in [6.45, 7) is 3.88.